The number of aryl methyl sites for hydroxylation is 1. The number of hydrogen-bond donors (Lipinski definition) is 0. The zero-order valence-corrected chi connectivity index (χ0v) is 15.6. The predicted octanol–water partition coefficient (Wildman–Crippen LogP) is 2.15. The van der Waals surface area contributed by atoms with Crippen molar-refractivity contribution in [2.45, 2.75) is 16.3 Å². The van der Waals surface area contributed by atoms with Crippen LogP contribution in [0.1, 0.15) is 5.69 Å². The lowest BCUT2D eigenvalue weighted by molar-refractivity contribution is 0.570. The smallest absolute Gasteiger partial charge is 0.275 e. The molecule has 2 heterocycles. The summed E-state index contributed by atoms with van der Waals surface area (Å²) in [7, 11) is -2.30. The fraction of sp³-hybridized carbons (Fsp3) is 0.105. The second kappa shape index (κ2) is 6.68. The number of aromatic nitrogens is 4. The largest absolute Gasteiger partial charge is 0.275 e. The zero-order chi connectivity index (χ0) is 19.9. The van der Waals surface area contributed by atoms with Gasteiger partial charge >= 0.3 is 0 Å². The summed E-state index contributed by atoms with van der Waals surface area (Å²) in [5.74, 6) is -0.990. The Bertz CT molecular complexity index is 1340. The summed E-state index contributed by atoms with van der Waals surface area (Å²) in [6.07, 6.45) is 2.90. The van der Waals surface area contributed by atoms with Crippen LogP contribution in [0.25, 0.3) is 10.8 Å². The molecule has 0 radical (unpaired) electrons. The van der Waals surface area contributed by atoms with E-state index in [9.17, 15) is 13.2 Å². The minimum atomic E-state index is -4.05. The first-order valence-corrected chi connectivity index (χ1v) is 9.83. The molecule has 0 unspecified atom stereocenters. The summed E-state index contributed by atoms with van der Waals surface area (Å²) >= 11 is 0. The zero-order valence-electron chi connectivity index (χ0n) is 14.8. The van der Waals surface area contributed by atoms with Crippen LogP contribution in [-0.4, -0.2) is 28.0 Å². The summed E-state index contributed by atoms with van der Waals surface area (Å²) in [5.41, 5.74) is 0.103. The normalized spacial score (nSPS) is 11.8. The van der Waals surface area contributed by atoms with Gasteiger partial charge in [0.2, 0.25) is 9.84 Å². The average Bonchev–Trinajstić information content (AvgIpc) is 3.10. The molecule has 9 heteroatoms. The Kier molecular flexibility index (Phi) is 4.31. The maximum Gasteiger partial charge on any atom is 0.275 e. The maximum atomic E-state index is 15.0. The SMILES string of the molecule is Cn1ccc(Cn2ncc3c(F)c(S(=O)(=O)c4ccccc4)ccc3c2=O)n1. The molecule has 142 valence electrons. The highest BCUT2D eigenvalue weighted by molar-refractivity contribution is 7.91. The molecule has 0 bridgehead atoms. The minimum absolute atomic E-state index is 0.0234. The van der Waals surface area contributed by atoms with Gasteiger partial charge in [-0.1, -0.05) is 18.2 Å². The Hall–Kier alpha value is -3.33. The van der Waals surface area contributed by atoms with E-state index >= 15 is 4.39 Å². The summed E-state index contributed by atoms with van der Waals surface area (Å²) in [5, 5.41) is 8.09. The first-order valence-electron chi connectivity index (χ1n) is 8.35. The van der Waals surface area contributed by atoms with E-state index in [-0.39, 0.29) is 22.2 Å². The van der Waals surface area contributed by atoms with Crippen molar-refractivity contribution in [2.75, 3.05) is 0 Å². The topological polar surface area (TPSA) is 86.9 Å². The van der Waals surface area contributed by atoms with Crippen LogP contribution in [0, 0.1) is 5.82 Å². The second-order valence-electron chi connectivity index (χ2n) is 6.24. The van der Waals surface area contributed by atoms with E-state index in [1.54, 1.807) is 42.2 Å². The Morgan fingerprint density at radius 3 is 2.46 bits per heavy atom. The minimum Gasteiger partial charge on any atom is -0.275 e. The molecular formula is C19H15FN4O3S. The van der Waals surface area contributed by atoms with E-state index in [4.69, 9.17) is 0 Å². The molecule has 0 saturated heterocycles. The van der Waals surface area contributed by atoms with Crippen LogP contribution in [0.15, 0.2) is 75.5 Å². The van der Waals surface area contributed by atoms with Gasteiger partial charge in [0.05, 0.1) is 28.7 Å². The summed E-state index contributed by atoms with van der Waals surface area (Å²) in [6, 6.07) is 11.7. The molecule has 0 fully saturated rings. The van der Waals surface area contributed by atoms with Crippen LogP contribution in [0.5, 0.6) is 0 Å². The number of nitrogens with zero attached hydrogens (tertiary/aromatic N) is 4. The third-order valence-electron chi connectivity index (χ3n) is 4.36. The van der Waals surface area contributed by atoms with Crippen molar-refractivity contribution in [3.8, 4) is 0 Å². The van der Waals surface area contributed by atoms with E-state index in [1.165, 1.54) is 24.4 Å². The van der Waals surface area contributed by atoms with E-state index in [0.29, 0.717) is 5.69 Å². The van der Waals surface area contributed by atoms with Gasteiger partial charge in [-0.15, -0.1) is 0 Å². The molecule has 0 spiro atoms. The number of hydrogen-bond acceptors (Lipinski definition) is 5. The molecule has 4 rings (SSSR count). The van der Waals surface area contributed by atoms with E-state index in [2.05, 4.69) is 10.2 Å². The lowest BCUT2D eigenvalue weighted by atomic mass is 10.2. The summed E-state index contributed by atoms with van der Waals surface area (Å²) in [4.78, 5) is 12.2. The van der Waals surface area contributed by atoms with E-state index < -0.39 is 26.1 Å². The lowest BCUT2D eigenvalue weighted by Gasteiger charge is -2.09. The Morgan fingerprint density at radius 2 is 1.79 bits per heavy atom. The van der Waals surface area contributed by atoms with Crippen LogP contribution in [-0.2, 0) is 23.4 Å². The number of fused-ring (bicyclic) bond motifs is 1. The first-order chi connectivity index (χ1) is 13.4. The first kappa shape index (κ1) is 18.1. The van der Waals surface area contributed by atoms with Gasteiger partial charge in [0.25, 0.3) is 5.56 Å². The van der Waals surface area contributed by atoms with Crippen molar-refractivity contribution in [2.24, 2.45) is 7.05 Å². The van der Waals surface area contributed by atoms with Gasteiger partial charge in [0.1, 0.15) is 4.90 Å². The standard InChI is InChI=1S/C19H15FN4O3S/c1-23-10-9-13(22-23)12-24-19(25)15-7-8-17(18(20)16(15)11-21-24)28(26,27)14-5-3-2-4-6-14/h2-11H,12H2,1H3. The van der Waals surface area contributed by atoms with E-state index in [1.807, 2.05) is 0 Å². The molecule has 0 amide bonds. The molecule has 7 nitrogen and oxygen atoms in total. The predicted molar refractivity (Wildman–Crippen MR) is 100 cm³/mol. The van der Waals surface area contributed by atoms with Crippen molar-refractivity contribution < 1.29 is 12.8 Å². The molecule has 4 aromatic rings. The maximum absolute atomic E-state index is 15.0. The van der Waals surface area contributed by atoms with Crippen molar-refractivity contribution in [3.63, 3.8) is 0 Å². The van der Waals surface area contributed by atoms with Crippen LogP contribution in [0.4, 0.5) is 4.39 Å². The molecule has 0 atom stereocenters. The number of benzene rings is 2. The van der Waals surface area contributed by atoms with Gasteiger partial charge < -0.3 is 0 Å². The van der Waals surface area contributed by atoms with Gasteiger partial charge in [-0.2, -0.15) is 10.2 Å². The van der Waals surface area contributed by atoms with Gasteiger partial charge in [0, 0.05) is 18.6 Å². The fourth-order valence-electron chi connectivity index (χ4n) is 2.95. The van der Waals surface area contributed by atoms with Crippen molar-refractivity contribution in [1.82, 2.24) is 19.6 Å². The Morgan fingerprint density at radius 1 is 1.04 bits per heavy atom. The number of sulfone groups is 1. The van der Waals surface area contributed by atoms with Gasteiger partial charge in [0.15, 0.2) is 5.82 Å². The number of rotatable bonds is 4. The van der Waals surface area contributed by atoms with Crippen LogP contribution in [0.2, 0.25) is 0 Å². The Labute approximate surface area is 159 Å². The van der Waals surface area contributed by atoms with Gasteiger partial charge in [-0.25, -0.2) is 17.5 Å². The molecule has 28 heavy (non-hydrogen) atoms. The molecular weight excluding hydrogens is 383 g/mol. The van der Waals surface area contributed by atoms with Gasteiger partial charge in [-0.05, 0) is 30.3 Å². The molecule has 0 N–H and O–H groups in total. The van der Waals surface area contributed by atoms with Crippen molar-refractivity contribution in [1.29, 1.82) is 0 Å². The highest BCUT2D eigenvalue weighted by atomic mass is 32.2. The highest BCUT2D eigenvalue weighted by Crippen LogP contribution is 2.27. The molecule has 0 saturated carbocycles. The van der Waals surface area contributed by atoms with Crippen molar-refractivity contribution >= 4 is 20.6 Å². The van der Waals surface area contributed by atoms with Gasteiger partial charge in [-0.3, -0.25) is 9.48 Å². The van der Waals surface area contributed by atoms with Crippen LogP contribution < -0.4 is 5.56 Å². The molecule has 0 aliphatic heterocycles. The van der Waals surface area contributed by atoms with E-state index in [0.717, 1.165) is 10.7 Å². The molecule has 0 aliphatic carbocycles. The van der Waals surface area contributed by atoms with Crippen LogP contribution >= 0.6 is 0 Å². The van der Waals surface area contributed by atoms with Crippen molar-refractivity contribution in [3.05, 3.63) is 82.8 Å². The molecule has 2 aromatic carbocycles. The third-order valence-corrected chi connectivity index (χ3v) is 6.15. The third kappa shape index (κ3) is 2.99. The monoisotopic (exact) mass is 398 g/mol. The number of halogens is 1. The highest BCUT2D eigenvalue weighted by Gasteiger charge is 2.24. The molecule has 2 aromatic heterocycles. The summed E-state index contributed by atoms with van der Waals surface area (Å²) < 4.78 is 43.2. The Balaban J connectivity index is 1.83. The lowest BCUT2D eigenvalue weighted by Crippen LogP contribution is -2.24. The quantitative estimate of drug-likeness (QED) is 0.526. The fourth-order valence-corrected chi connectivity index (χ4v) is 4.31. The average molecular weight is 398 g/mol. The summed E-state index contributed by atoms with van der Waals surface area (Å²) in [6.45, 7) is 0.126. The second-order valence-corrected chi connectivity index (χ2v) is 8.16. The molecule has 0 aliphatic rings. The van der Waals surface area contributed by atoms with Crippen LogP contribution in [0.3, 0.4) is 0 Å².